The minimum atomic E-state index is 0. The smallest absolute Gasteiger partial charge is 0.0693 e. The minimum absolute atomic E-state index is 0. The van der Waals surface area contributed by atoms with Crippen LogP contribution in [0.1, 0.15) is 12.8 Å². The number of benzene rings is 1. The number of hydrogen-bond donors (Lipinski definition) is 2. The van der Waals surface area contributed by atoms with E-state index in [1.807, 2.05) is 6.07 Å². The van der Waals surface area contributed by atoms with Crippen LogP contribution in [0.25, 0.3) is 0 Å². The molecule has 2 N–H and O–H groups in total. The van der Waals surface area contributed by atoms with E-state index < -0.39 is 0 Å². The van der Waals surface area contributed by atoms with Crippen molar-refractivity contribution in [2.24, 2.45) is 0 Å². The third-order valence-corrected chi connectivity index (χ3v) is 3.16. The Labute approximate surface area is 130 Å². The van der Waals surface area contributed by atoms with Crippen molar-refractivity contribution in [3.63, 3.8) is 0 Å². The van der Waals surface area contributed by atoms with Gasteiger partial charge in [-0.1, -0.05) is 18.2 Å². The summed E-state index contributed by atoms with van der Waals surface area (Å²) in [7, 11) is 1.77. The predicted octanol–water partition coefficient (Wildman–Crippen LogP) is 3.02. The number of para-hydroxylation sites is 1. The summed E-state index contributed by atoms with van der Waals surface area (Å²) in [6.07, 6.45) is 2.21. The molecule has 18 heavy (non-hydrogen) atoms. The summed E-state index contributed by atoms with van der Waals surface area (Å²) < 4.78 is 5.37. The number of anilines is 1. The van der Waals surface area contributed by atoms with Crippen LogP contribution in [0.4, 0.5) is 5.69 Å². The lowest BCUT2D eigenvalue weighted by atomic mass is 9.89. The number of nitrogens with one attached hydrogen (secondary N) is 2. The highest BCUT2D eigenvalue weighted by Gasteiger charge is 2.31. The van der Waals surface area contributed by atoms with Crippen LogP contribution in [0.5, 0.6) is 0 Å². The predicted molar refractivity (Wildman–Crippen MR) is 87.4 cm³/mol. The van der Waals surface area contributed by atoms with Gasteiger partial charge in [0.1, 0.15) is 0 Å². The van der Waals surface area contributed by atoms with Crippen molar-refractivity contribution in [2.75, 3.05) is 32.1 Å². The molecular weight excluding hydrogens is 360 g/mol. The topological polar surface area (TPSA) is 33.3 Å². The van der Waals surface area contributed by atoms with Gasteiger partial charge in [-0.3, -0.25) is 0 Å². The van der Waals surface area contributed by atoms with Gasteiger partial charge in [0.15, 0.2) is 0 Å². The maximum atomic E-state index is 5.37. The molecule has 0 amide bonds. The molecule has 0 saturated carbocycles. The standard InChI is InChI=1S/C13H20N2O.2BrH/c1-16-11-13(7-9-14-10-8-13)15-12-5-3-2-4-6-12;;/h2-6,14-15H,7-11H2,1H3;2*1H. The zero-order valence-corrected chi connectivity index (χ0v) is 14.1. The summed E-state index contributed by atoms with van der Waals surface area (Å²) >= 11 is 0. The molecule has 1 heterocycles. The maximum absolute atomic E-state index is 5.37. The molecule has 1 aromatic rings. The van der Waals surface area contributed by atoms with E-state index >= 15 is 0 Å². The zero-order valence-electron chi connectivity index (χ0n) is 10.6. The summed E-state index contributed by atoms with van der Waals surface area (Å²) in [6.45, 7) is 2.88. The molecule has 0 atom stereocenters. The van der Waals surface area contributed by atoms with Crippen LogP contribution >= 0.6 is 34.0 Å². The van der Waals surface area contributed by atoms with Gasteiger partial charge in [0, 0.05) is 12.8 Å². The third-order valence-electron chi connectivity index (χ3n) is 3.16. The SMILES string of the molecule is Br.Br.COCC1(Nc2ccccc2)CCNCC1. The Kier molecular flexibility index (Phi) is 8.86. The van der Waals surface area contributed by atoms with Crippen LogP contribution in [-0.4, -0.2) is 32.3 Å². The Bertz CT molecular complexity index is 311. The molecule has 1 aliphatic rings. The molecule has 1 aliphatic heterocycles. The molecule has 2 rings (SSSR count). The second kappa shape index (κ2) is 8.91. The van der Waals surface area contributed by atoms with Crippen LogP contribution in [0.15, 0.2) is 30.3 Å². The number of methoxy groups -OCH3 is 1. The van der Waals surface area contributed by atoms with Crippen molar-refractivity contribution >= 4 is 39.7 Å². The van der Waals surface area contributed by atoms with E-state index in [9.17, 15) is 0 Å². The van der Waals surface area contributed by atoms with Gasteiger partial charge in [0.25, 0.3) is 0 Å². The molecule has 1 aromatic carbocycles. The number of piperidine rings is 1. The van der Waals surface area contributed by atoms with Gasteiger partial charge < -0.3 is 15.4 Å². The quantitative estimate of drug-likeness (QED) is 0.840. The summed E-state index contributed by atoms with van der Waals surface area (Å²) in [6, 6.07) is 10.4. The van der Waals surface area contributed by atoms with E-state index in [0.29, 0.717) is 0 Å². The number of halogens is 2. The average Bonchev–Trinajstić information content (AvgIpc) is 2.31. The van der Waals surface area contributed by atoms with Gasteiger partial charge in [-0.25, -0.2) is 0 Å². The van der Waals surface area contributed by atoms with E-state index in [0.717, 1.165) is 32.5 Å². The third kappa shape index (κ3) is 4.88. The highest BCUT2D eigenvalue weighted by Crippen LogP contribution is 2.24. The van der Waals surface area contributed by atoms with Crippen molar-refractivity contribution in [3.05, 3.63) is 30.3 Å². The second-order valence-electron chi connectivity index (χ2n) is 4.45. The van der Waals surface area contributed by atoms with Crippen LogP contribution in [-0.2, 0) is 4.74 Å². The van der Waals surface area contributed by atoms with Crippen LogP contribution in [0.2, 0.25) is 0 Å². The fourth-order valence-corrected chi connectivity index (χ4v) is 2.31. The Hall–Kier alpha value is -0.100. The first-order valence-electron chi connectivity index (χ1n) is 5.88. The van der Waals surface area contributed by atoms with Crippen molar-refractivity contribution in [3.8, 4) is 0 Å². The summed E-state index contributed by atoms with van der Waals surface area (Å²) in [5, 5.41) is 7.02. The van der Waals surface area contributed by atoms with E-state index in [2.05, 4.69) is 34.9 Å². The highest BCUT2D eigenvalue weighted by atomic mass is 79.9. The molecular formula is C13H22Br2N2O. The van der Waals surface area contributed by atoms with E-state index in [-0.39, 0.29) is 39.5 Å². The lowest BCUT2D eigenvalue weighted by molar-refractivity contribution is 0.124. The molecule has 1 fully saturated rings. The first-order valence-corrected chi connectivity index (χ1v) is 5.88. The van der Waals surface area contributed by atoms with Crippen molar-refractivity contribution < 1.29 is 4.74 Å². The van der Waals surface area contributed by atoms with Crippen LogP contribution in [0.3, 0.4) is 0 Å². The average molecular weight is 382 g/mol. The Morgan fingerprint density at radius 2 is 1.78 bits per heavy atom. The van der Waals surface area contributed by atoms with Crippen LogP contribution < -0.4 is 10.6 Å². The van der Waals surface area contributed by atoms with Gasteiger partial charge in [-0.2, -0.15) is 0 Å². The van der Waals surface area contributed by atoms with Crippen molar-refractivity contribution in [1.82, 2.24) is 5.32 Å². The van der Waals surface area contributed by atoms with Crippen LogP contribution in [0, 0.1) is 0 Å². The largest absolute Gasteiger partial charge is 0.382 e. The Morgan fingerprint density at radius 1 is 1.17 bits per heavy atom. The Balaban J connectivity index is 0.00000144. The van der Waals surface area contributed by atoms with Gasteiger partial charge in [0.05, 0.1) is 12.1 Å². The maximum Gasteiger partial charge on any atom is 0.0693 e. The van der Waals surface area contributed by atoms with E-state index in [4.69, 9.17) is 4.74 Å². The Morgan fingerprint density at radius 3 is 2.33 bits per heavy atom. The number of ether oxygens (including phenoxy) is 1. The van der Waals surface area contributed by atoms with Crippen molar-refractivity contribution in [2.45, 2.75) is 18.4 Å². The molecule has 0 radical (unpaired) electrons. The summed E-state index contributed by atoms with van der Waals surface area (Å²) in [5.74, 6) is 0. The van der Waals surface area contributed by atoms with Crippen molar-refractivity contribution in [1.29, 1.82) is 0 Å². The molecule has 0 spiro atoms. The molecule has 1 saturated heterocycles. The molecule has 0 aliphatic carbocycles. The van der Waals surface area contributed by atoms with Gasteiger partial charge >= 0.3 is 0 Å². The fraction of sp³-hybridized carbons (Fsp3) is 0.538. The highest BCUT2D eigenvalue weighted by molar-refractivity contribution is 8.93. The first kappa shape index (κ1) is 17.9. The zero-order chi connectivity index (χ0) is 11.3. The molecule has 5 heteroatoms. The van der Waals surface area contributed by atoms with Gasteiger partial charge in [-0.05, 0) is 38.1 Å². The molecule has 0 aromatic heterocycles. The molecule has 3 nitrogen and oxygen atoms in total. The lowest BCUT2D eigenvalue weighted by Gasteiger charge is -2.38. The minimum Gasteiger partial charge on any atom is -0.382 e. The molecule has 0 unspecified atom stereocenters. The fourth-order valence-electron chi connectivity index (χ4n) is 2.31. The van der Waals surface area contributed by atoms with Gasteiger partial charge in [-0.15, -0.1) is 34.0 Å². The second-order valence-corrected chi connectivity index (χ2v) is 4.45. The monoisotopic (exact) mass is 380 g/mol. The van der Waals surface area contributed by atoms with E-state index in [1.165, 1.54) is 5.69 Å². The van der Waals surface area contributed by atoms with E-state index in [1.54, 1.807) is 7.11 Å². The van der Waals surface area contributed by atoms with Gasteiger partial charge in [0.2, 0.25) is 0 Å². The first-order chi connectivity index (χ1) is 7.85. The summed E-state index contributed by atoms with van der Waals surface area (Å²) in [5.41, 5.74) is 1.28. The number of rotatable bonds is 4. The normalized spacial score (nSPS) is 17.2. The summed E-state index contributed by atoms with van der Waals surface area (Å²) in [4.78, 5) is 0. The molecule has 104 valence electrons. The number of hydrogen-bond acceptors (Lipinski definition) is 3. The molecule has 0 bridgehead atoms. The lowest BCUT2D eigenvalue weighted by Crippen LogP contribution is -2.50.